The second-order valence-corrected chi connectivity index (χ2v) is 8.11. The van der Waals surface area contributed by atoms with Crippen LogP contribution in [0.1, 0.15) is 18.3 Å². The molecule has 3 aromatic carbocycles. The molecule has 0 spiro atoms. The summed E-state index contributed by atoms with van der Waals surface area (Å²) < 4.78 is 11.4. The molecule has 0 aliphatic carbocycles. The molecule has 0 saturated heterocycles. The monoisotopic (exact) mass is 524 g/mol. The third-order valence-corrected chi connectivity index (χ3v) is 5.97. The van der Waals surface area contributed by atoms with Gasteiger partial charge < -0.3 is 21.7 Å². The minimum Gasteiger partial charge on any atom is -1.00 e. The highest BCUT2D eigenvalue weighted by Gasteiger charge is 2.31. The van der Waals surface area contributed by atoms with Crippen LogP contribution in [0, 0.1) is 0 Å². The number of rotatable bonds is 4. The fourth-order valence-corrected chi connectivity index (χ4v) is 4.37. The van der Waals surface area contributed by atoms with Crippen molar-refractivity contribution in [1.29, 1.82) is 0 Å². The zero-order valence-corrected chi connectivity index (χ0v) is 19.9. The molecule has 0 unspecified atom stereocenters. The van der Waals surface area contributed by atoms with E-state index in [4.69, 9.17) is 4.74 Å². The Morgan fingerprint density at radius 3 is 2.40 bits per heavy atom. The van der Waals surface area contributed by atoms with Gasteiger partial charge >= 0.3 is 0 Å². The maximum atomic E-state index is 5.62. The minimum atomic E-state index is 0. The first-order chi connectivity index (χ1) is 14.2. The molecule has 2 heterocycles. The molecular formula is C25H22Br2N2O. The Labute approximate surface area is 195 Å². The molecular weight excluding hydrogens is 504 g/mol. The van der Waals surface area contributed by atoms with Crippen molar-refractivity contribution in [3.05, 3.63) is 94.9 Å². The van der Waals surface area contributed by atoms with E-state index in [1.165, 1.54) is 28.3 Å². The number of hydrogen-bond acceptors (Lipinski definition) is 1. The summed E-state index contributed by atoms with van der Waals surface area (Å²) in [5, 5.41) is 0. The maximum Gasteiger partial charge on any atom is 0.267 e. The zero-order valence-electron chi connectivity index (χ0n) is 16.7. The van der Waals surface area contributed by atoms with Gasteiger partial charge in [0.1, 0.15) is 23.3 Å². The van der Waals surface area contributed by atoms with Crippen molar-refractivity contribution in [2.45, 2.75) is 19.8 Å². The number of fused-ring (bicyclic) bond motifs is 3. The molecule has 0 N–H and O–H groups in total. The van der Waals surface area contributed by atoms with Gasteiger partial charge in [-0.25, -0.2) is 0 Å². The summed E-state index contributed by atoms with van der Waals surface area (Å²) in [5.74, 6) is 2.20. The molecule has 152 valence electrons. The summed E-state index contributed by atoms with van der Waals surface area (Å²) in [7, 11) is 0. The third-order valence-electron chi connectivity index (χ3n) is 5.44. The van der Waals surface area contributed by atoms with Crippen molar-refractivity contribution < 1.29 is 26.3 Å². The first-order valence-corrected chi connectivity index (χ1v) is 10.8. The zero-order chi connectivity index (χ0) is 19.8. The normalized spacial score (nSPS) is 11.9. The van der Waals surface area contributed by atoms with Gasteiger partial charge in [-0.05, 0) is 73.5 Å². The summed E-state index contributed by atoms with van der Waals surface area (Å²) in [6.45, 7) is 2.69. The van der Waals surface area contributed by atoms with Crippen molar-refractivity contribution in [2.24, 2.45) is 0 Å². The smallest absolute Gasteiger partial charge is 0.267 e. The highest BCUT2D eigenvalue weighted by molar-refractivity contribution is 9.10. The fraction of sp³-hybridized carbons (Fsp3) is 0.160. The van der Waals surface area contributed by atoms with Gasteiger partial charge in [0.05, 0.1) is 13.0 Å². The average molecular weight is 526 g/mol. The Bertz CT molecular complexity index is 1160. The molecule has 0 amide bonds. The number of aromatic nitrogens is 2. The van der Waals surface area contributed by atoms with E-state index in [1.54, 1.807) is 0 Å². The summed E-state index contributed by atoms with van der Waals surface area (Å²) >= 11 is 3.56. The van der Waals surface area contributed by atoms with Gasteiger partial charge in [-0.2, -0.15) is 9.13 Å². The molecule has 0 atom stereocenters. The Hall–Kier alpha value is -2.37. The first-order valence-electron chi connectivity index (χ1n) is 9.98. The van der Waals surface area contributed by atoms with E-state index in [9.17, 15) is 0 Å². The number of nitrogens with zero attached hydrogens (tertiary/aromatic N) is 2. The SMILES string of the molecule is CCOc1ccc(-n2cc(-c3ccc(Br)cc3)[n+]3c2CCc2ccccc2-3)cc1.[Br-]. The summed E-state index contributed by atoms with van der Waals surface area (Å²) in [6.07, 6.45) is 4.31. The van der Waals surface area contributed by atoms with Crippen LogP contribution in [0.5, 0.6) is 5.75 Å². The molecule has 30 heavy (non-hydrogen) atoms. The topological polar surface area (TPSA) is 18.0 Å². The van der Waals surface area contributed by atoms with Gasteiger partial charge in [0.15, 0.2) is 5.69 Å². The van der Waals surface area contributed by atoms with Crippen LogP contribution in [0.2, 0.25) is 0 Å². The fourth-order valence-electron chi connectivity index (χ4n) is 4.11. The number of benzene rings is 3. The molecule has 4 aromatic rings. The first kappa shape index (κ1) is 20.9. The molecule has 5 heteroatoms. The molecule has 3 nitrogen and oxygen atoms in total. The average Bonchev–Trinajstić information content (AvgIpc) is 3.15. The third kappa shape index (κ3) is 3.72. The van der Waals surface area contributed by atoms with Gasteiger partial charge in [-0.3, -0.25) is 0 Å². The summed E-state index contributed by atoms with van der Waals surface area (Å²) in [6, 6.07) is 25.6. The number of para-hydroxylation sites is 1. The van der Waals surface area contributed by atoms with E-state index in [2.05, 4.69) is 91.9 Å². The van der Waals surface area contributed by atoms with Crippen LogP contribution in [0.25, 0.3) is 22.6 Å². The van der Waals surface area contributed by atoms with E-state index in [0.717, 1.165) is 28.8 Å². The Kier molecular flexibility index (Phi) is 6.11. The van der Waals surface area contributed by atoms with Crippen LogP contribution in [-0.4, -0.2) is 11.2 Å². The predicted molar refractivity (Wildman–Crippen MR) is 119 cm³/mol. The standard InChI is InChI=1S/C25H22BrN2O.BrH/c1-2-29-22-14-12-21(13-15-22)27-17-24(19-7-10-20(26)11-8-19)28-23-6-4-3-5-18(23)9-16-25(27)28;/h3-8,10-15,17H,2,9,16H2,1H3;1H/q+1;/p-1. The number of halogens is 2. The van der Waals surface area contributed by atoms with Crippen LogP contribution in [-0.2, 0) is 12.8 Å². The van der Waals surface area contributed by atoms with Crippen molar-refractivity contribution >= 4 is 15.9 Å². The van der Waals surface area contributed by atoms with Gasteiger partial charge in [-0.15, -0.1) is 0 Å². The lowest BCUT2D eigenvalue weighted by molar-refractivity contribution is -0.595. The van der Waals surface area contributed by atoms with Crippen molar-refractivity contribution in [1.82, 2.24) is 4.57 Å². The van der Waals surface area contributed by atoms with Crippen molar-refractivity contribution in [2.75, 3.05) is 6.61 Å². The Morgan fingerprint density at radius 2 is 1.67 bits per heavy atom. The van der Waals surface area contributed by atoms with Crippen LogP contribution >= 0.6 is 15.9 Å². The summed E-state index contributed by atoms with van der Waals surface area (Å²) in [4.78, 5) is 0. The van der Waals surface area contributed by atoms with Crippen LogP contribution in [0.3, 0.4) is 0 Å². The quantitative estimate of drug-likeness (QED) is 0.375. The van der Waals surface area contributed by atoms with Crippen LogP contribution < -0.4 is 26.3 Å². The van der Waals surface area contributed by atoms with E-state index in [-0.39, 0.29) is 17.0 Å². The summed E-state index contributed by atoms with van der Waals surface area (Å²) in [5.41, 5.74) is 6.23. The highest BCUT2D eigenvalue weighted by atomic mass is 79.9. The molecule has 0 bridgehead atoms. The Morgan fingerprint density at radius 1 is 0.933 bits per heavy atom. The largest absolute Gasteiger partial charge is 1.00 e. The lowest BCUT2D eigenvalue weighted by Crippen LogP contribution is -3.00. The molecule has 1 aliphatic heterocycles. The number of hydrogen-bond donors (Lipinski definition) is 0. The van der Waals surface area contributed by atoms with E-state index >= 15 is 0 Å². The van der Waals surface area contributed by atoms with Gasteiger partial charge in [0, 0.05) is 10.0 Å². The second-order valence-electron chi connectivity index (χ2n) is 7.20. The van der Waals surface area contributed by atoms with Crippen LogP contribution in [0.4, 0.5) is 0 Å². The van der Waals surface area contributed by atoms with Gasteiger partial charge in [0.25, 0.3) is 5.82 Å². The van der Waals surface area contributed by atoms with E-state index in [1.807, 2.05) is 19.1 Å². The second kappa shape index (κ2) is 8.78. The van der Waals surface area contributed by atoms with Crippen LogP contribution in [0.15, 0.2) is 83.5 Å². The van der Waals surface area contributed by atoms with Gasteiger partial charge in [0.2, 0.25) is 0 Å². The molecule has 1 aliphatic rings. The Balaban J connectivity index is 0.00000218. The van der Waals surface area contributed by atoms with E-state index < -0.39 is 0 Å². The predicted octanol–water partition coefficient (Wildman–Crippen LogP) is 2.68. The molecule has 5 rings (SSSR count). The highest BCUT2D eigenvalue weighted by Crippen LogP contribution is 2.28. The minimum absolute atomic E-state index is 0. The van der Waals surface area contributed by atoms with Gasteiger partial charge in [-0.1, -0.05) is 34.1 Å². The molecule has 0 fully saturated rings. The lowest BCUT2D eigenvalue weighted by Gasteiger charge is -2.15. The van der Waals surface area contributed by atoms with E-state index in [0.29, 0.717) is 6.61 Å². The van der Waals surface area contributed by atoms with Crippen molar-refractivity contribution in [3.63, 3.8) is 0 Å². The van der Waals surface area contributed by atoms with Crippen molar-refractivity contribution in [3.8, 4) is 28.4 Å². The maximum absolute atomic E-state index is 5.62. The number of aryl methyl sites for hydroxylation is 1. The molecule has 0 radical (unpaired) electrons. The molecule has 1 aromatic heterocycles. The number of ether oxygens (including phenoxy) is 1. The number of imidazole rings is 1. The molecule has 0 saturated carbocycles. The lowest BCUT2D eigenvalue weighted by atomic mass is 10.0.